The number of sulfonamides is 1. The minimum absolute atomic E-state index is 0.160. The third-order valence-corrected chi connectivity index (χ3v) is 5.49. The normalized spacial score (nSPS) is 13.9. The first kappa shape index (κ1) is 15.2. The minimum atomic E-state index is -3.58. The Morgan fingerprint density at radius 1 is 1.27 bits per heavy atom. The summed E-state index contributed by atoms with van der Waals surface area (Å²) in [5, 5.41) is 7.85. The lowest BCUT2D eigenvalue weighted by Crippen LogP contribution is -2.15. The molecule has 5 nitrogen and oxygen atoms in total. The van der Waals surface area contributed by atoms with Gasteiger partial charge in [-0.3, -0.25) is 4.79 Å². The summed E-state index contributed by atoms with van der Waals surface area (Å²) in [6.45, 7) is 0. The van der Waals surface area contributed by atoms with E-state index in [1.54, 1.807) is 24.3 Å². The number of fused-ring (bicyclic) bond motifs is 1. The topological polar surface area (TPSA) is 89.3 Å². The van der Waals surface area contributed by atoms with E-state index in [0.29, 0.717) is 16.1 Å². The van der Waals surface area contributed by atoms with E-state index in [9.17, 15) is 13.2 Å². The van der Waals surface area contributed by atoms with Crippen LogP contribution >= 0.6 is 11.3 Å². The highest BCUT2D eigenvalue weighted by Gasteiger charge is 2.18. The van der Waals surface area contributed by atoms with Gasteiger partial charge in [0.1, 0.15) is 0 Å². The van der Waals surface area contributed by atoms with Gasteiger partial charge in [0.05, 0.1) is 10.6 Å². The monoisotopic (exact) mass is 336 g/mol. The van der Waals surface area contributed by atoms with Crippen molar-refractivity contribution in [3.05, 3.63) is 51.2 Å². The number of hydrogen-bond acceptors (Lipinski definition) is 4. The van der Waals surface area contributed by atoms with Crippen molar-refractivity contribution in [3.63, 3.8) is 0 Å². The predicted molar refractivity (Wildman–Crippen MR) is 87.6 cm³/mol. The number of anilines is 1. The largest absolute Gasteiger partial charge is 0.321 e. The van der Waals surface area contributed by atoms with Crippen molar-refractivity contribution in [2.45, 2.75) is 25.0 Å². The molecule has 2 aromatic rings. The number of rotatable bonds is 4. The number of thiophene rings is 1. The molecule has 116 valence electrons. The van der Waals surface area contributed by atoms with Gasteiger partial charge in [-0.05, 0) is 48.6 Å². The zero-order valence-electron chi connectivity index (χ0n) is 11.8. The van der Waals surface area contributed by atoms with Gasteiger partial charge >= 0.3 is 0 Å². The van der Waals surface area contributed by atoms with E-state index in [1.807, 2.05) is 6.07 Å². The molecule has 1 aliphatic carbocycles. The number of nitrogens with two attached hydrogens (primary N) is 1. The molecule has 0 saturated heterocycles. The Kier molecular flexibility index (Phi) is 4.03. The van der Waals surface area contributed by atoms with Gasteiger partial charge in [-0.2, -0.15) is 0 Å². The van der Waals surface area contributed by atoms with Crippen LogP contribution in [0.25, 0.3) is 0 Å². The summed E-state index contributed by atoms with van der Waals surface area (Å²) in [6, 6.07) is 8.68. The number of hydrogen-bond donors (Lipinski definition) is 2. The van der Waals surface area contributed by atoms with Crippen molar-refractivity contribution in [1.82, 2.24) is 0 Å². The fourth-order valence-electron chi connectivity index (χ4n) is 2.60. The Morgan fingerprint density at radius 3 is 2.82 bits per heavy atom. The standard InChI is InChI=1S/C15H16N2O3S2/c16-22(19,20)9-10-3-1-5-12(7-10)17-15(18)14-8-11-4-2-6-13(11)21-14/h1,3,5,7-8H,2,4,6,9H2,(H,17,18)(H2,16,19,20). The van der Waals surface area contributed by atoms with Gasteiger partial charge in [0.2, 0.25) is 10.0 Å². The van der Waals surface area contributed by atoms with Gasteiger partial charge in [-0.15, -0.1) is 11.3 Å². The first-order valence-corrected chi connectivity index (χ1v) is 9.46. The molecule has 3 rings (SSSR count). The van der Waals surface area contributed by atoms with Gasteiger partial charge in [0, 0.05) is 10.6 Å². The second kappa shape index (κ2) is 5.83. The average molecular weight is 336 g/mol. The molecule has 0 aliphatic heterocycles. The first-order valence-electron chi connectivity index (χ1n) is 6.93. The van der Waals surface area contributed by atoms with Crippen molar-refractivity contribution >= 4 is 33.0 Å². The molecule has 1 aromatic carbocycles. The van der Waals surface area contributed by atoms with E-state index >= 15 is 0 Å². The number of aryl methyl sites for hydroxylation is 2. The predicted octanol–water partition coefficient (Wildman–Crippen LogP) is 2.28. The fraction of sp³-hybridized carbons (Fsp3) is 0.267. The second-order valence-electron chi connectivity index (χ2n) is 5.37. The lowest BCUT2D eigenvalue weighted by molar-refractivity contribution is 0.103. The van der Waals surface area contributed by atoms with Crippen molar-refractivity contribution in [2.24, 2.45) is 5.14 Å². The molecule has 22 heavy (non-hydrogen) atoms. The second-order valence-corrected chi connectivity index (χ2v) is 8.13. The summed E-state index contributed by atoms with van der Waals surface area (Å²) < 4.78 is 22.3. The summed E-state index contributed by atoms with van der Waals surface area (Å²) in [4.78, 5) is 14.3. The van der Waals surface area contributed by atoms with Crippen LogP contribution in [0.2, 0.25) is 0 Å². The van der Waals surface area contributed by atoms with Crippen molar-refractivity contribution in [1.29, 1.82) is 0 Å². The molecule has 1 heterocycles. The maximum absolute atomic E-state index is 12.3. The maximum atomic E-state index is 12.3. The Bertz CT molecular complexity index is 804. The number of benzene rings is 1. The van der Waals surface area contributed by atoms with Gasteiger partial charge < -0.3 is 5.32 Å². The average Bonchev–Trinajstić information content (AvgIpc) is 2.97. The van der Waals surface area contributed by atoms with Gasteiger partial charge in [-0.1, -0.05) is 12.1 Å². The minimum Gasteiger partial charge on any atom is -0.321 e. The molecule has 7 heteroatoms. The molecule has 1 amide bonds. The smallest absolute Gasteiger partial charge is 0.265 e. The van der Waals surface area contributed by atoms with Crippen molar-refractivity contribution < 1.29 is 13.2 Å². The van der Waals surface area contributed by atoms with Crippen LogP contribution < -0.4 is 10.5 Å². The van der Waals surface area contributed by atoms with Crippen LogP contribution in [0.5, 0.6) is 0 Å². The van der Waals surface area contributed by atoms with Crippen molar-refractivity contribution in [3.8, 4) is 0 Å². The molecule has 0 radical (unpaired) electrons. The molecule has 0 atom stereocenters. The molecule has 0 spiro atoms. The number of carbonyl (C=O) groups is 1. The van der Waals surface area contributed by atoms with E-state index in [1.165, 1.54) is 28.2 Å². The van der Waals surface area contributed by atoms with E-state index in [0.717, 1.165) is 12.8 Å². The van der Waals surface area contributed by atoms with E-state index in [4.69, 9.17) is 5.14 Å². The van der Waals surface area contributed by atoms with E-state index in [-0.39, 0.29) is 11.7 Å². The highest BCUT2D eigenvalue weighted by atomic mass is 32.2. The van der Waals surface area contributed by atoms with E-state index < -0.39 is 10.0 Å². The van der Waals surface area contributed by atoms with Crippen LogP contribution in [0.15, 0.2) is 30.3 Å². The SMILES string of the molecule is NS(=O)(=O)Cc1cccc(NC(=O)c2cc3c(s2)CCC3)c1. The quantitative estimate of drug-likeness (QED) is 0.897. The Hall–Kier alpha value is -1.70. The lowest BCUT2D eigenvalue weighted by atomic mass is 10.2. The number of primary sulfonamides is 1. The van der Waals surface area contributed by atoms with Crippen LogP contribution in [-0.2, 0) is 28.6 Å². The zero-order chi connectivity index (χ0) is 15.7. The highest BCUT2D eigenvalue weighted by molar-refractivity contribution is 7.88. The zero-order valence-corrected chi connectivity index (χ0v) is 13.5. The van der Waals surface area contributed by atoms with Crippen LogP contribution in [0, 0.1) is 0 Å². The van der Waals surface area contributed by atoms with Crippen LogP contribution in [0.4, 0.5) is 5.69 Å². The first-order chi connectivity index (χ1) is 10.4. The molecule has 0 bridgehead atoms. The molecular formula is C15H16N2O3S2. The Balaban J connectivity index is 1.74. The van der Waals surface area contributed by atoms with Crippen LogP contribution in [0.3, 0.4) is 0 Å². The summed E-state index contributed by atoms with van der Waals surface area (Å²) in [7, 11) is -3.58. The molecule has 1 aliphatic rings. The third kappa shape index (κ3) is 3.55. The number of carbonyl (C=O) groups excluding carboxylic acids is 1. The summed E-state index contributed by atoms with van der Waals surface area (Å²) in [6.07, 6.45) is 3.26. The highest BCUT2D eigenvalue weighted by Crippen LogP contribution is 2.31. The fourth-order valence-corrected chi connectivity index (χ4v) is 4.40. The maximum Gasteiger partial charge on any atom is 0.265 e. The van der Waals surface area contributed by atoms with Gasteiger partial charge in [0.25, 0.3) is 5.91 Å². The summed E-state index contributed by atoms with van der Waals surface area (Å²) in [5.41, 5.74) is 2.40. The third-order valence-electron chi connectivity index (χ3n) is 3.52. The summed E-state index contributed by atoms with van der Waals surface area (Å²) in [5.74, 6) is -0.406. The number of nitrogens with one attached hydrogen (secondary N) is 1. The molecule has 1 aromatic heterocycles. The molecule has 3 N–H and O–H groups in total. The van der Waals surface area contributed by atoms with Gasteiger partial charge in [-0.25, -0.2) is 13.6 Å². The summed E-state index contributed by atoms with van der Waals surface area (Å²) >= 11 is 1.54. The molecule has 0 saturated carbocycles. The molecular weight excluding hydrogens is 320 g/mol. The van der Waals surface area contributed by atoms with Gasteiger partial charge in [0.15, 0.2) is 0 Å². The van der Waals surface area contributed by atoms with E-state index in [2.05, 4.69) is 5.32 Å². The molecule has 0 unspecified atom stereocenters. The molecule has 0 fully saturated rings. The van der Waals surface area contributed by atoms with Crippen LogP contribution in [0.1, 0.15) is 32.1 Å². The van der Waals surface area contributed by atoms with Crippen molar-refractivity contribution in [2.75, 3.05) is 5.32 Å². The van der Waals surface area contributed by atoms with Crippen LogP contribution in [-0.4, -0.2) is 14.3 Å². The number of amides is 1. The Labute approximate surface area is 133 Å². The lowest BCUT2D eigenvalue weighted by Gasteiger charge is -2.06. The Morgan fingerprint density at radius 2 is 2.09 bits per heavy atom.